The summed E-state index contributed by atoms with van der Waals surface area (Å²) in [5, 5.41) is 1.49. The summed E-state index contributed by atoms with van der Waals surface area (Å²) in [4.78, 5) is 29.8. The van der Waals surface area contributed by atoms with Gasteiger partial charge in [-0.05, 0) is 37.1 Å². The second-order valence-corrected chi connectivity index (χ2v) is 7.65. The predicted molar refractivity (Wildman–Crippen MR) is 94.6 cm³/mol. The number of rotatable bonds is 5. The minimum atomic E-state index is -4.05. The van der Waals surface area contributed by atoms with Crippen LogP contribution in [0.2, 0.25) is 5.02 Å². The van der Waals surface area contributed by atoms with Gasteiger partial charge in [-0.3, -0.25) is 9.78 Å². The Balaban J connectivity index is 1.80. The van der Waals surface area contributed by atoms with Crippen LogP contribution in [0, 0.1) is 6.92 Å². The Morgan fingerprint density at radius 1 is 1.20 bits per heavy atom. The SMILES string of the molecule is Cc1[nH]c(=O)[nH]c(=O)c1S(=O)(=O)NCCc1c[nH]c2ccc(Cl)cc12. The lowest BCUT2D eigenvalue weighted by Gasteiger charge is -2.07. The normalized spacial score (nSPS) is 11.9. The van der Waals surface area contributed by atoms with Gasteiger partial charge in [-0.2, -0.15) is 0 Å². The summed E-state index contributed by atoms with van der Waals surface area (Å²) in [6.45, 7) is 1.44. The summed E-state index contributed by atoms with van der Waals surface area (Å²) >= 11 is 5.99. The Kier molecular flexibility index (Phi) is 4.55. The number of hydrogen-bond donors (Lipinski definition) is 4. The number of fused-ring (bicyclic) bond motifs is 1. The van der Waals surface area contributed by atoms with Crippen molar-refractivity contribution in [3.63, 3.8) is 0 Å². The number of hydrogen-bond acceptors (Lipinski definition) is 4. The fourth-order valence-electron chi connectivity index (χ4n) is 2.66. The molecule has 3 rings (SSSR count). The van der Waals surface area contributed by atoms with Gasteiger partial charge in [0, 0.05) is 34.4 Å². The van der Waals surface area contributed by atoms with Crippen LogP contribution in [0.5, 0.6) is 0 Å². The zero-order valence-corrected chi connectivity index (χ0v) is 14.7. The van der Waals surface area contributed by atoms with Crippen molar-refractivity contribution in [1.82, 2.24) is 19.7 Å². The largest absolute Gasteiger partial charge is 0.361 e. The van der Waals surface area contributed by atoms with E-state index in [0.717, 1.165) is 16.5 Å². The second-order valence-electron chi connectivity index (χ2n) is 5.51. The molecule has 0 radical (unpaired) electrons. The molecule has 0 spiro atoms. The van der Waals surface area contributed by atoms with Crippen LogP contribution in [0.25, 0.3) is 10.9 Å². The van der Waals surface area contributed by atoms with Gasteiger partial charge in [-0.15, -0.1) is 0 Å². The second kappa shape index (κ2) is 6.51. The van der Waals surface area contributed by atoms with Crippen LogP contribution in [0.3, 0.4) is 0 Å². The smallest absolute Gasteiger partial charge is 0.325 e. The molecule has 0 bridgehead atoms. The lowest BCUT2D eigenvalue weighted by Crippen LogP contribution is -2.35. The first kappa shape index (κ1) is 17.5. The molecule has 1 aromatic carbocycles. The van der Waals surface area contributed by atoms with Crippen LogP contribution in [0.15, 0.2) is 38.9 Å². The van der Waals surface area contributed by atoms with Gasteiger partial charge in [-0.25, -0.2) is 17.9 Å². The quantitative estimate of drug-likeness (QED) is 0.525. The predicted octanol–water partition coefficient (Wildman–Crippen LogP) is 1.03. The van der Waals surface area contributed by atoms with Gasteiger partial charge in [0.05, 0.1) is 0 Å². The highest BCUT2D eigenvalue weighted by Crippen LogP contribution is 2.22. The minimum absolute atomic E-state index is 0.0138. The van der Waals surface area contributed by atoms with Gasteiger partial charge >= 0.3 is 5.69 Å². The Bertz CT molecular complexity index is 1160. The zero-order chi connectivity index (χ0) is 18.2. The van der Waals surface area contributed by atoms with Crippen molar-refractivity contribution in [1.29, 1.82) is 0 Å². The first-order valence-corrected chi connectivity index (χ1v) is 9.22. The molecule has 0 aliphatic carbocycles. The standard InChI is InChI=1S/C15H15ClN4O4S/c1-8-13(14(21)20-15(22)19-8)25(23,24)18-5-4-9-7-17-12-3-2-10(16)6-11(9)12/h2-3,6-7,17-18H,4-5H2,1H3,(H2,19,20,21,22). The summed E-state index contributed by atoms with van der Waals surface area (Å²) in [5.41, 5.74) is 0.0763. The van der Waals surface area contributed by atoms with Crippen LogP contribution in [-0.4, -0.2) is 29.9 Å². The van der Waals surface area contributed by atoms with Crippen molar-refractivity contribution in [3.05, 3.63) is 61.5 Å². The number of nitrogens with one attached hydrogen (secondary N) is 4. The minimum Gasteiger partial charge on any atom is -0.361 e. The van der Waals surface area contributed by atoms with Crippen molar-refractivity contribution in [2.24, 2.45) is 0 Å². The Hall–Kier alpha value is -2.36. The number of aromatic nitrogens is 3. The van der Waals surface area contributed by atoms with E-state index in [-0.39, 0.29) is 12.2 Å². The molecule has 3 aromatic rings. The topological polar surface area (TPSA) is 128 Å². The van der Waals surface area contributed by atoms with E-state index in [9.17, 15) is 18.0 Å². The average molecular weight is 383 g/mol. The van der Waals surface area contributed by atoms with Crippen molar-refractivity contribution in [2.45, 2.75) is 18.2 Å². The lowest BCUT2D eigenvalue weighted by atomic mass is 10.1. The van der Waals surface area contributed by atoms with Gasteiger partial charge in [0.1, 0.15) is 0 Å². The van der Waals surface area contributed by atoms with Crippen molar-refractivity contribution in [2.75, 3.05) is 6.54 Å². The van der Waals surface area contributed by atoms with Crippen LogP contribution in [-0.2, 0) is 16.4 Å². The van der Waals surface area contributed by atoms with Gasteiger partial charge in [0.15, 0.2) is 4.90 Å². The van der Waals surface area contributed by atoms with E-state index in [4.69, 9.17) is 11.6 Å². The molecule has 2 aromatic heterocycles. The van der Waals surface area contributed by atoms with Gasteiger partial charge in [0.25, 0.3) is 5.56 Å². The molecule has 0 fully saturated rings. The summed E-state index contributed by atoms with van der Waals surface area (Å²) in [7, 11) is -4.05. The zero-order valence-electron chi connectivity index (χ0n) is 13.1. The molecule has 10 heteroatoms. The van der Waals surface area contributed by atoms with Gasteiger partial charge in [-0.1, -0.05) is 11.6 Å². The molecular weight excluding hydrogens is 368 g/mol. The van der Waals surface area contributed by atoms with E-state index in [1.807, 2.05) is 11.1 Å². The molecule has 2 heterocycles. The fourth-order valence-corrected chi connectivity index (χ4v) is 4.10. The molecule has 0 saturated heterocycles. The maximum Gasteiger partial charge on any atom is 0.325 e. The molecule has 8 nitrogen and oxygen atoms in total. The molecule has 0 saturated carbocycles. The molecule has 0 unspecified atom stereocenters. The maximum atomic E-state index is 12.3. The number of halogens is 1. The highest BCUT2D eigenvalue weighted by molar-refractivity contribution is 7.89. The van der Waals surface area contributed by atoms with Gasteiger partial charge < -0.3 is 9.97 Å². The highest BCUT2D eigenvalue weighted by atomic mass is 35.5. The monoisotopic (exact) mass is 382 g/mol. The molecule has 0 aliphatic heterocycles. The van der Waals surface area contributed by atoms with Crippen molar-refractivity contribution < 1.29 is 8.42 Å². The maximum absolute atomic E-state index is 12.3. The van der Waals surface area contributed by atoms with Crippen LogP contribution in [0.1, 0.15) is 11.3 Å². The number of aryl methyl sites for hydroxylation is 1. The van der Waals surface area contributed by atoms with E-state index in [1.165, 1.54) is 6.92 Å². The number of sulfonamides is 1. The third-order valence-corrected chi connectivity index (χ3v) is 5.61. The van der Waals surface area contributed by atoms with Crippen LogP contribution < -0.4 is 16.0 Å². The third-order valence-electron chi connectivity index (χ3n) is 3.76. The third kappa shape index (κ3) is 3.53. The highest BCUT2D eigenvalue weighted by Gasteiger charge is 2.21. The Morgan fingerprint density at radius 3 is 2.68 bits per heavy atom. The molecule has 25 heavy (non-hydrogen) atoms. The van der Waals surface area contributed by atoms with E-state index in [0.29, 0.717) is 11.4 Å². The van der Waals surface area contributed by atoms with E-state index >= 15 is 0 Å². The molecule has 0 atom stereocenters. The van der Waals surface area contributed by atoms with Crippen molar-refractivity contribution >= 4 is 32.5 Å². The van der Waals surface area contributed by atoms with Crippen molar-refractivity contribution in [3.8, 4) is 0 Å². The molecule has 0 amide bonds. The van der Waals surface area contributed by atoms with Crippen LogP contribution >= 0.6 is 11.6 Å². The summed E-state index contributed by atoms with van der Waals surface area (Å²) < 4.78 is 27.1. The Labute approximate surface area is 147 Å². The first-order chi connectivity index (χ1) is 11.8. The van der Waals surface area contributed by atoms with E-state index < -0.39 is 26.2 Å². The first-order valence-electron chi connectivity index (χ1n) is 7.36. The number of aromatic amines is 3. The number of benzene rings is 1. The van der Waals surface area contributed by atoms with E-state index in [2.05, 4.69) is 14.7 Å². The molecule has 0 aliphatic rings. The molecular formula is C15H15ClN4O4S. The Morgan fingerprint density at radius 2 is 1.96 bits per heavy atom. The molecule has 132 valence electrons. The summed E-state index contributed by atoms with van der Waals surface area (Å²) in [6.07, 6.45) is 2.19. The summed E-state index contributed by atoms with van der Waals surface area (Å²) in [6, 6.07) is 5.40. The average Bonchev–Trinajstić information content (AvgIpc) is 2.88. The van der Waals surface area contributed by atoms with Gasteiger partial charge in [0.2, 0.25) is 10.0 Å². The summed E-state index contributed by atoms with van der Waals surface area (Å²) in [5.74, 6) is 0. The van der Waals surface area contributed by atoms with Crippen LogP contribution in [0.4, 0.5) is 0 Å². The molecule has 4 N–H and O–H groups in total. The van der Waals surface area contributed by atoms with E-state index in [1.54, 1.807) is 18.3 Å². The fraction of sp³-hybridized carbons (Fsp3) is 0.200. The number of H-pyrrole nitrogens is 3. The lowest BCUT2D eigenvalue weighted by molar-refractivity contribution is 0.578.